The van der Waals surface area contributed by atoms with Gasteiger partial charge in [-0.05, 0) is 25.7 Å². The van der Waals surface area contributed by atoms with Crippen molar-refractivity contribution in [2.45, 2.75) is 52.4 Å². The van der Waals surface area contributed by atoms with Gasteiger partial charge in [-0.3, -0.25) is 4.79 Å². The van der Waals surface area contributed by atoms with Crippen LogP contribution >= 0.6 is 0 Å². The lowest BCUT2D eigenvalue weighted by Crippen LogP contribution is -2.42. The van der Waals surface area contributed by atoms with E-state index >= 15 is 0 Å². The highest BCUT2D eigenvalue weighted by Gasteiger charge is 2.40. The van der Waals surface area contributed by atoms with Crippen LogP contribution in [0.1, 0.15) is 52.4 Å². The Balaban J connectivity index is 2.66. The number of carbonyl (C=O) groups is 1. The summed E-state index contributed by atoms with van der Waals surface area (Å²) in [5, 5.41) is 0. The lowest BCUT2D eigenvalue weighted by molar-refractivity contribution is -0.157. The molecular formula is C13H25NO2. The first-order chi connectivity index (χ1) is 7.68. The minimum atomic E-state index is -0.407. The van der Waals surface area contributed by atoms with Gasteiger partial charge in [0.25, 0.3) is 0 Å². The van der Waals surface area contributed by atoms with E-state index < -0.39 is 5.41 Å². The SMILES string of the molecule is CCCC(CN)(CC1CCC1)C(=O)OCC. The summed E-state index contributed by atoms with van der Waals surface area (Å²) in [4.78, 5) is 12.1. The molecule has 2 N–H and O–H groups in total. The molecule has 0 radical (unpaired) electrons. The molecule has 1 saturated carbocycles. The first kappa shape index (κ1) is 13.5. The Bertz CT molecular complexity index is 226. The molecule has 0 saturated heterocycles. The molecule has 1 aliphatic rings. The van der Waals surface area contributed by atoms with Crippen molar-refractivity contribution >= 4 is 5.97 Å². The van der Waals surface area contributed by atoms with Crippen LogP contribution < -0.4 is 5.73 Å². The van der Waals surface area contributed by atoms with Gasteiger partial charge in [-0.2, -0.15) is 0 Å². The average molecular weight is 227 g/mol. The predicted molar refractivity (Wildman–Crippen MR) is 65.0 cm³/mol. The Morgan fingerprint density at radius 2 is 2.12 bits per heavy atom. The first-order valence-corrected chi connectivity index (χ1v) is 6.55. The molecule has 0 heterocycles. The van der Waals surface area contributed by atoms with Crippen LogP contribution in [0.2, 0.25) is 0 Å². The molecule has 16 heavy (non-hydrogen) atoms. The number of ether oxygens (including phenoxy) is 1. The third kappa shape index (κ3) is 2.97. The summed E-state index contributed by atoms with van der Waals surface area (Å²) in [7, 11) is 0. The summed E-state index contributed by atoms with van der Waals surface area (Å²) in [5.74, 6) is 0.616. The molecule has 3 heteroatoms. The van der Waals surface area contributed by atoms with Crippen molar-refractivity contribution in [3.05, 3.63) is 0 Å². The Morgan fingerprint density at radius 3 is 2.50 bits per heavy atom. The van der Waals surface area contributed by atoms with E-state index in [-0.39, 0.29) is 5.97 Å². The fourth-order valence-electron chi connectivity index (χ4n) is 2.57. The standard InChI is InChI=1S/C13H25NO2/c1-3-8-13(10-14,12(15)16-4-2)9-11-6-5-7-11/h11H,3-10,14H2,1-2H3. The lowest BCUT2D eigenvalue weighted by atomic mass is 9.69. The van der Waals surface area contributed by atoms with Crippen LogP contribution in [-0.4, -0.2) is 19.1 Å². The first-order valence-electron chi connectivity index (χ1n) is 6.55. The molecular weight excluding hydrogens is 202 g/mol. The maximum Gasteiger partial charge on any atom is 0.313 e. The average Bonchev–Trinajstić information content (AvgIpc) is 2.22. The van der Waals surface area contributed by atoms with Crippen molar-refractivity contribution < 1.29 is 9.53 Å². The molecule has 0 amide bonds. The molecule has 1 fully saturated rings. The number of esters is 1. The molecule has 1 atom stereocenters. The summed E-state index contributed by atoms with van der Waals surface area (Å²) in [6, 6.07) is 0. The van der Waals surface area contributed by atoms with Crippen LogP contribution in [0, 0.1) is 11.3 Å². The summed E-state index contributed by atoms with van der Waals surface area (Å²) >= 11 is 0. The second-order valence-electron chi connectivity index (χ2n) is 4.96. The Hall–Kier alpha value is -0.570. The summed E-state index contributed by atoms with van der Waals surface area (Å²) in [5.41, 5.74) is 5.44. The zero-order chi connectivity index (χ0) is 12.0. The molecule has 1 aliphatic carbocycles. The highest BCUT2D eigenvalue weighted by molar-refractivity contribution is 5.77. The van der Waals surface area contributed by atoms with Gasteiger partial charge in [0.1, 0.15) is 0 Å². The van der Waals surface area contributed by atoms with Gasteiger partial charge < -0.3 is 10.5 Å². The van der Waals surface area contributed by atoms with Crippen LogP contribution in [0.4, 0.5) is 0 Å². The monoisotopic (exact) mass is 227 g/mol. The van der Waals surface area contributed by atoms with Crippen LogP contribution in [-0.2, 0) is 9.53 Å². The minimum Gasteiger partial charge on any atom is -0.466 e. The maximum absolute atomic E-state index is 12.1. The van der Waals surface area contributed by atoms with E-state index in [1.54, 1.807) is 0 Å². The number of carbonyl (C=O) groups excluding carboxylic acids is 1. The zero-order valence-corrected chi connectivity index (χ0v) is 10.6. The van der Waals surface area contributed by atoms with Crippen molar-refractivity contribution in [3.8, 4) is 0 Å². The molecule has 1 rings (SSSR count). The van der Waals surface area contributed by atoms with Crippen molar-refractivity contribution in [2.75, 3.05) is 13.2 Å². The van der Waals surface area contributed by atoms with Crippen LogP contribution in [0.5, 0.6) is 0 Å². The summed E-state index contributed by atoms with van der Waals surface area (Å²) in [6.45, 7) is 4.84. The summed E-state index contributed by atoms with van der Waals surface area (Å²) < 4.78 is 5.20. The van der Waals surface area contributed by atoms with Crippen LogP contribution in [0.25, 0.3) is 0 Å². The van der Waals surface area contributed by atoms with E-state index in [4.69, 9.17) is 10.5 Å². The van der Waals surface area contributed by atoms with Gasteiger partial charge in [0.15, 0.2) is 0 Å². The van der Waals surface area contributed by atoms with Gasteiger partial charge in [-0.1, -0.05) is 32.6 Å². The van der Waals surface area contributed by atoms with E-state index in [1.165, 1.54) is 19.3 Å². The zero-order valence-electron chi connectivity index (χ0n) is 10.6. The summed E-state index contributed by atoms with van der Waals surface area (Å²) in [6.07, 6.45) is 6.59. The van der Waals surface area contributed by atoms with Crippen LogP contribution in [0.15, 0.2) is 0 Å². The Morgan fingerprint density at radius 1 is 1.44 bits per heavy atom. The fraction of sp³-hybridized carbons (Fsp3) is 0.923. The number of hydrogen-bond acceptors (Lipinski definition) is 3. The van der Waals surface area contributed by atoms with E-state index in [9.17, 15) is 4.79 Å². The highest BCUT2D eigenvalue weighted by Crippen LogP contribution is 2.40. The topological polar surface area (TPSA) is 52.3 Å². The van der Waals surface area contributed by atoms with Gasteiger partial charge in [0.2, 0.25) is 0 Å². The largest absolute Gasteiger partial charge is 0.466 e. The van der Waals surface area contributed by atoms with Crippen molar-refractivity contribution in [2.24, 2.45) is 17.1 Å². The van der Waals surface area contributed by atoms with Gasteiger partial charge in [-0.15, -0.1) is 0 Å². The number of rotatable bonds is 7. The van der Waals surface area contributed by atoms with Crippen molar-refractivity contribution in [1.29, 1.82) is 0 Å². The number of nitrogens with two attached hydrogens (primary N) is 1. The molecule has 0 aromatic rings. The van der Waals surface area contributed by atoms with E-state index in [2.05, 4.69) is 6.92 Å². The molecule has 0 aromatic heterocycles. The number of hydrogen-bond donors (Lipinski definition) is 1. The molecule has 0 aliphatic heterocycles. The normalized spacial score (nSPS) is 19.9. The lowest BCUT2D eigenvalue weighted by Gasteiger charge is -2.36. The maximum atomic E-state index is 12.1. The molecule has 0 bridgehead atoms. The second-order valence-corrected chi connectivity index (χ2v) is 4.96. The van der Waals surface area contributed by atoms with Gasteiger partial charge in [0, 0.05) is 6.54 Å². The smallest absolute Gasteiger partial charge is 0.313 e. The minimum absolute atomic E-state index is 0.0775. The van der Waals surface area contributed by atoms with Crippen molar-refractivity contribution in [3.63, 3.8) is 0 Å². The third-order valence-corrected chi connectivity index (χ3v) is 3.73. The second kappa shape index (κ2) is 6.24. The molecule has 0 aromatic carbocycles. The molecule has 1 unspecified atom stereocenters. The Labute approximate surface area is 98.7 Å². The molecule has 0 spiro atoms. The third-order valence-electron chi connectivity index (χ3n) is 3.73. The van der Waals surface area contributed by atoms with E-state index in [1.807, 2.05) is 6.92 Å². The van der Waals surface area contributed by atoms with Crippen molar-refractivity contribution in [1.82, 2.24) is 0 Å². The van der Waals surface area contributed by atoms with Gasteiger partial charge in [-0.25, -0.2) is 0 Å². The molecule has 3 nitrogen and oxygen atoms in total. The quantitative estimate of drug-likeness (QED) is 0.680. The highest BCUT2D eigenvalue weighted by atomic mass is 16.5. The van der Waals surface area contributed by atoms with Crippen LogP contribution in [0.3, 0.4) is 0 Å². The van der Waals surface area contributed by atoms with E-state index in [0.717, 1.165) is 19.3 Å². The van der Waals surface area contributed by atoms with Gasteiger partial charge in [0.05, 0.1) is 12.0 Å². The fourth-order valence-corrected chi connectivity index (χ4v) is 2.57. The molecule has 94 valence electrons. The predicted octanol–water partition coefficient (Wildman–Crippen LogP) is 2.48. The Kier molecular flexibility index (Phi) is 5.26. The van der Waals surface area contributed by atoms with Gasteiger partial charge >= 0.3 is 5.97 Å². The van der Waals surface area contributed by atoms with E-state index in [0.29, 0.717) is 19.1 Å².